The molecule has 1 N–H and O–H groups in total. The zero-order valence-electron chi connectivity index (χ0n) is 17.5. The Morgan fingerprint density at radius 2 is 1.68 bits per heavy atom. The molecule has 0 unspecified atom stereocenters. The van der Waals surface area contributed by atoms with Crippen LogP contribution in [0.1, 0.15) is 15.9 Å². The van der Waals surface area contributed by atoms with Crippen molar-refractivity contribution in [3.8, 4) is 17.2 Å². The molecule has 7 nitrogen and oxygen atoms in total. The number of hydrogen-bond acceptors (Lipinski definition) is 6. The van der Waals surface area contributed by atoms with Crippen molar-refractivity contribution in [2.45, 2.75) is 0 Å². The van der Waals surface area contributed by atoms with Crippen molar-refractivity contribution in [3.63, 3.8) is 0 Å². The molecular weight excluding hydrogens is 704 g/mol. The van der Waals surface area contributed by atoms with Gasteiger partial charge in [-0.2, -0.15) is 5.10 Å². The number of halogens is 4. The van der Waals surface area contributed by atoms with Gasteiger partial charge in [0.1, 0.15) is 5.75 Å². The molecule has 176 valence electrons. The average molecular weight is 720 g/mol. The maximum absolute atomic E-state index is 12.4. The Kier molecular flexibility index (Phi) is 9.69. The lowest BCUT2D eigenvalue weighted by molar-refractivity contribution is -0.123. The lowest BCUT2D eigenvalue weighted by atomic mass is 10.2. The first-order valence-electron chi connectivity index (χ1n) is 9.52. The van der Waals surface area contributed by atoms with Crippen LogP contribution in [0, 0.1) is 0 Å². The zero-order chi connectivity index (χ0) is 24.7. The number of carbonyl (C=O) groups is 2. The fourth-order valence-corrected chi connectivity index (χ4v) is 5.53. The van der Waals surface area contributed by atoms with E-state index in [0.29, 0.717) is 31.6 Å². The van der Waals surface area contributed by atoms with Crippen LogP contribution in [-0.2, 0) is 4.79 Å². The molecule has 3 aromatic carbocycles. The predicted octanol–water partition coefficient (Wildman–Crippen LogP) is 6.49. The van der Waals surface area contributed by atoms with Crippen molar-refractivity contribution in [3.05, 3.63) is 83.6 Å². The highest BCUT2D eigenvalue weighted by atomic mass is 79.9. The Hall–Kier alpha value is -2.21. The van der Waals surface area contributed by atoms with Crippen LogP contribution in [0.25, 0.3) is 0 Å². The molecule has 0 fully saturated rings. The van der Waals surface area contributed by atoms with Crippen LogP contribution in [0.3, 0.4) is 0 Å². The maximum Gasteiger partial charge on any atom is 0.343 e. The van der Waals surface area contributed by atoms with Crippen LogP contribution in [-0.4, -0.2) is 31.8 Å². The van der Waals surface area contributed by atoms with Gasteiger partial charge in [0.25, 0.3) is 5.91 Å². The van der Waals surface area contributed by atoms with Gasteiger partial charge in [0.15, 0.2) is 18.1 Å². The highest BCUT2D eigenvalue weighted by Gasteiger charge is 2.13. The molecule has 34 heavy (non-hydrogen) atoms. The smallest absolute Gasteiger partial charge is 0.343 e. The largest absolute Gasteiger partial charge is 0.493 e. The third kappa shape index (κ3) is 7.39. The summed E-state index contributed by atoms with van der Waals surface area (Å²) in [5.41, 5.74) is 3.42. The lowest BCUT2D eigenvalue weighted by Crippen LogP contribution is -2.24. The van der Waals surface area contributed by atoms with Crippen LogP contribution in [0.2, 0.25) is 0 Å². The summed E-state index contributed by atoms with van der Waals surface area (Å²) in [5, 5.41) is 3.93. The summed E-state index contributed by atoms with van der Waals surface area (Å²) in [6, 6.07) is 15.4. The Bertz CT molecular complexity index is 1230. The molecule has 11 heteroatoms. The SMILES string of the molecule is COc1cc(/C=N/NC(=O)COc2c(Br)cc(Br)cc2Br)ccc1OC(=O)c1cccc(Br)c1. The lowest BCUT2D eigenvalue weighted by Gasteiger charge is -2.10. The number of hydrogen-bond donors (Lipinski definition) is 1. The number of hydrazone groups is 1. The summed E-state index contributed by atoms with van der Waals surface area (Å²) in [4.78, 5) is 24.5. The van der Waals surface area contributed by atoms with E-state index >= 15 is 0 Å². The Labute approximate surface area is 229 Å². The van der Waals surface area contributed by atoms with Gasteiger partial charge in [-0.1, -0.05) is 37.9 Å². The first kappa shape index (κ1) is 26.4. The fraction of sp³-hybridized carbons (Fsp3) is 0.0870. The monoisotopic (exact) mass is 716 g/mol. The van der Waals surface area contributed by atoms with Crippen molar-refractivity contribution in [1.29, 1.82) is 0 Å². The number of rotatable bonds is 8. The van der Waals surface area contributed by atoms with Crippen LogP contribution >= 0.6 is 63.7 Å². The van der Waals surface area contributed by atoms with Gasteiger partial charge in [-0.3, -0.25) is 4.79 Å². The first-order valence-corrected chi connectivity index (χ1v) is 12.7. The quantitative estimate of drug-likeness (QED) is 0.125. The number of esters is 1. The molecular formula is C23H16Br4N2O5. The van der Waals surface area contributed by atoms with E-state index in [0.717, 1.165) is 8.95 Å². The summed E-state index contributed by atoms with van der Waals surface area (Å²) >= 11 is 13.5. The molecule has 0 heterocycles. The molecule has 0 spiro atoms. The number of nitrogens with zero attached hydrogens (tertiary/aromatic N) is 1. The van der Waals surface area contributed by atoms with Gasteiger partial charge >= 0.3 is 5.97 Å². The van der Waals surface area contributed by atoms with E-state index < -0.39 is 11.9 Å². The van der Waals surface area contributed by atoms with E-state index in [1.165, 1.54) is 13.3 Å². The number of carbonyl (C=O) groups excluding carboxylic acids is 2. The summed E-state index contributed by atoms with van der Waals surface area (Å²) in [6.45, 7) is -0.232. The number of methoxy groups -OCH3 is 1. The number of nitrogens with one attached hydrogen (secondary N) is 1. The Balaban J connectivity index is 1.58. The standard InChI is InChI=1S/C23H16Br4N2O5/c1-32-20-7-13(5-6-19(20)34-23(31)14-3-2-4-15(24)8-14)11-28-29-21(30)12-33-22-17(26)9-16(25)10-18(22)27/h2-11H,12H2,1H3,(H,29,30)/b28-11+. The summed E-state index contributed by atoms with van der Waals surface area (Å²) in [5.74, 6) is 0.140. The van der Waals surface area contributed by atoms with Crippen LogP contribution in [0.4, 0.5) is 0 Å². The van der Waals surface area contributed by atoms with Gasteiger partial charge < -0.3 is 14.2 Å². The second kappa shape index (κ2) is 12.5. The minimum absolute atomic E-state index is 0.232. The molecule has 0 saturated heterocycles. The van der Waals surface area contributed by atoms with E-state index in [4.69, 9.17) is 14.2 Å². The predicted molar refractivity (Wildman–Crippen MR) is 143 cm³/mol. The van der Waals surface area contributed by atoms with Gasteiger partial charge in [0.2, 0.25) is 0 Å². The zero-order valence-corrected chi connectivity index (χ0v) is 23.8. The molecule has 0 saturated carbocycles. The Morgan fingerprint density at radius 1 is 0.941 bits per heavy atom. The molecule has 1 amide bonds. The molecule has 0 aliphatic carbocycles. The van der Waals surface area contributed by atoms with Gasteiger partial charge in [-0.15, -0.1) is 0 Å². The molecule has 0 aliphatic rings. The fourth-order valence-electron chi connectivity index (χ4n) is 2.64. The molecule has 0 aliphatic heterocycles. The van der Waals surface area contributed by atoms with Gasteiger partial charge in [-0.05, 0) is 86.0 Å². The minimum Gasteiger partial charge on any atom is -0.493 e. The highest BCUT2D eigenvalue weighted by Crippen LogP contribution is 2.36. The highest BCUT2D eigenvalue weighted by molar-refractivity contribution is 9.11. The van der Waals surface area contributed by atoms with Gasteiger partial charge in [-0.25, -0.2) is 10.2 Å². The van der Waals surface area contributed by atoms with Gasteiger partial charge in [0.05, 0.1) is 27.8 Å². The summed E-state index contributed by atoms with van der Waals surface area (Å²) in [7, 11) is 1.46. The van der Waals surface area contributed by atoms with E-state index in [1.807, 2.05) is 18.2 Å². The van der Waals surface area contributed by atoms with Crippen molar-refractivity contribution >= 4 is 81.8 Å². The van der Waals surface area contributed by atoms with Gasteiger partial charge in [0, 0.05) is 8.95 Å². The van der Waals surface area contributed by atoms with Crippen LogP contribution in [0.15, 0.2) is 77.6 Å². The van der Waals surface area contributed by atoms with Crippen molar-refractivity contribution in [2.75, 3.05) is 13.7 Å². The average Bonchev–Trinajstić information content (AvgIpc) is 2.79. The minimum atomic E-state index is -0.516. The third-order valence-corrected chi connectivity index (χ3v) is 6.29. The van der Waals surface area contributed by atoms with E-state index in [1.54, 1.807) is 36.4 Å². The van der Waals surface area contributed by atoms with E-state index in [2.05, 4.69) is 74.2 Å². The molecule has 3 aromatic rings. The third-order valence-electron chi connectivity index (χ3n) is 4.16. The molecule has 0 bridgehead atoms. The van der Waals surface area contributed by atoms with Crippen LogP contribution < -0.4 is 19.6 Å². The molecule has 3 rings (SSSR count). The topological polar surface area (TPSA) is 86.2 Å². The second-order valence-electron chi connectivity index (χ2n) is 6.59. The second-order valence-corrected chi connectivity index (χ2v) is 10.1. The summed E-state index contributed by atoms with van der Waals surface area (Å²) < 4.78 is 19.3. The van der Waals surface area contributed by atoms with Crippen molar-refractivity contribution in [1.82, 2.24) is 5.43 Å². The Morgan fingerprint density at radius 3 is 2.35 bits per heavy atom. The van der Waals surface area contributed by atoms with E-state index in [-0.39, 0.29) is 12.4 Å². The van der Waals surface area contributed by atoms with Crippen molar-refractivity contribution < 1.29 is 23.8 Å². The normalized spacial score (nSPS) is 10.7. The molecule has 0 atom stereocenters. The van der Waals surface area contributed by atoms with Crippen LogP contribution in [0.5, 0.6) is 17.2 Å². The van der Waals surface area contributed by atoms with Crippen molar-refractivity contribution in [2.24, 2.45) is 5.10 Å². The summed E-state index contributed by atoms with van der Waals surface area (Å²) in [6.07, 6.45) is 1.44. The number of benzene rings is 3. The molecule has 0 radical (unpaired) electrons. The maximum atomic E-state index is 12.4. The number of ether oxygens (including phenoxy) is 3. The molecule has 0 aromatic heterocycles. The number of amides is 1. The van der Waals surface area contributed by atoms with E-state index in [9.17, 15) is 9.59 Å². The first-order chi connectivity index (χ1) is 16.3.